The molecule has 0 saturated carbocycles. The smallest absolute Gasteiger partial charge is 0.311 e. The summed E-state index contributed by atoms with van der Waals surface area (Å²) in [6.07, 6.45) is 38.1. The van der Waals surface area contributed by atoms with Crippen LogP contribution in [-0.2, 0) is 19.1 Å². The summed E-state index contributed by atoms with van der Waals surface area (Å²) in [6, 6.07) is 0. The van der Waals surface area contributed by atoms with Crippen LogP contribution in [0.15, 0.2) is 0 Å². The summed E-state index contributed by atoms with van der Waals surface area (Å²) in [7, 11) is 0. The van der Waals surface area contributed by atoms with Crippen molar-refractivity contribution in [3.63, 3.8) is 0 Å². The Labute approximate surface area is 338 Å². The molecule has 0 bridgehead atoms. The Bertz CT molecular complexity index is 783. The molecule has 0 amide bonds. The Balaban J connectivity index is 4.43. The molecule has 0 saturated heterocycles. The topological polar surface area (TPSA) is 72.8 Å². The number of ether oxygens (including phenoxy) is 2. The van der Waals surface area contributed by atoms with Gasteiger partial charge in [-0.2, -0.15) is 0 Å². The highest BCUT2D eigenvalue weighted by Crippen LogP contribution is 2.30. The quantitative estimate of drug-likeness (QED) is 0.0497. The maximum Gasteiger partial charge on any atom is 0.311 e. The summed E-state index contributed by atoms with van der Waals surface area (Å²) in [6.45, 7) is 17.2. The van der Waals surface area contributed by atoms with E-state index in [1.807, 2.05) is 27.7 Å². The number of hydrogen-bond donors (Lipinski definition) is 1. The Morgan fingerprint density at radius 3 is 0.944 bits per heavy atom. The number of unbranched alkanes of at least 4 members (excludes halogenated alkanes) is 20. The first-order chi connectivity index (χ1) is 25.9. The van der Waals surface area contributed by atoms with Crippen molar-refractivity contribution in [1.29, 1.82) is 0 Å². The van der Waals surface area contributed by atoms with Gasteiger partial charge in [-0.05, 0) is 105 Å². The maximum atomic E-state index is 13.3. The van der Waals surface area contributed by atoms with E-state index in [4.69, 9.17) is 9.47 Å². The molecule has 2 unspecified atom stereocenters. The molecule has 0 radical (unpaired) electrons. The summed E-state index contributed by atoms with van der Waals surface area (Å²) in [5.74, 6) is -0.0540. The van der Waals surface area contributed by atoms with Crippen molar-refractivity contribution < 1.29 is 24.2 Å². The molecular weight excluding hydrogens is 669 g/mol. The largest absolute Gasteiger partial charge is 0.462 e. The molecule has 322 valence electrons. The molecule has 0 heterocycles. The second-order valence-electron chi connectivity index (χ2n) is 18.5. The number of aliphatic hydroxyl groups excluding tert-OH is 1. The highest BCUT2D eigenvalue weighted by atomic mass is 16.5. The maximum absolute atomic E-state index is 13.3. The predicted octanol–water partition coefficient (Wildman–Crippen LogP) is 15.6. The number of rotatable bonds is 40. The second kappa shape index (κ2) is 35.1. The normalized spacial score (nSPS) is 13.9. The van der Waals surface area contributed by atoms with Gasteiger partial charge in [0.2, 0.25) is 0 Å². The third kappa shape index (κ3) is 30.1. The minimum absolute atomic E-state index is 0.0270. The Morgan fingerprint density at radius 2 is 0.630 bits per heavy atom. The Hall–Kier alpha value is -1.10. The van der Waals surface area contributed by atoms with E-state index in [0.29, 0.717) is 0 Å². The molecule has 0 aliphatic rings. The molecular formula is C49H96O5. The predicted molar refractivity (Wildman–Crippen MR) is 233 cm³/mol. The van der Waals surface area contributed by atoms with Crippen LogP contribution in [0.1, 0.15) is 274 Å². The molecule has 2 atom stereocenters. The van der Waals surface area contributed by atoms with Gasteiger partial charge in [0, 0.05) is 0 Å². The average Bonchev–Trinajstić information content (AvgIpc) is 3.13. The molecule has 0 aromatic heterocycles. The number of hydrogen-bond acceptors (Lipinski definition) is 5. The zero-order valence-corrected chi connectivity index (χ0v) is 37.9. The van der Waals surface area contributed by atoms with Crippen LogP contribution in [0.2, 0.25) is 0 Å². The lowest BCUT2D eigenvalue weighted by atomic mass is 9.86. The van der Waals surface area contributed by atoms with E-state index >= 15 is 0 Å². The fourth-order valence-electron chi connectivity index (χ4n) is 7.64. The van der Waals surface area contributed by atoms with Crippen LogP contribution < -0.4 is 0 Å². The molecule has 54 heavy (non-hydrogen) atoms. The van der Waals surface area contributed by atoms with E-state index in [1.165, 1.54) is 103 Å². The standard InChI is InChI=1S/C49H96O5/c1-9-13-17-21-23-31-39-44(37-29-19-15-11-3)53-46(51)48(5,6)41-33-25-27-35-43(50)36-28-26-34-42-49(7,8)47(52)54-45(38-30-20-16-12-4)40-32-24-22-18-14-10-2/h43-45,50H,9-42H2,1-8H3. The van der Waals surface area contributed by atoms with Crippen molar-refractivity contribution in [2.75, 3.05) is 0 Å². The number of aliphatic hydroxyl groups is 1. The highest BCUT2D eigenvalue weighted by Gasteiger charge is 2.32. The Morgan fingerprint density at radius 1 is 0.389 bits per heavy atom. The van der Waals surface area contributed by atoms with Gasteiger partial charge >= 0.3 is 11.9 Å². The van der Waals surface area contributed by atoms with Gasteiger partial charge in [-0.25, -0.2) is 0 Å². The van der Waals surface area contributed by atoms with Gasteiger partial charge in [0.1, 0.15) is 12.2 Å². The lowest BCUT2D eigenvalue weighted by Crippen LogP contribution is -2.31. The minimum Gasteiger partial charge on any atom is -0.462 e. The van der Waals surface area contributed by atoms with Crippen molar-refractivity contribution in [3.8, 4) is 0 Å². The zero-order valence-electron chi connectivity index (χ0n) is 37.9. The lowest BCUT2D eigenvalue weighted by Gasteiger charge is -2.27. The van der Waals surface area contributed by atoms with Crippen molar-refractivity contribution in [1.82, 2.24) is 0 Å². The number of carbonyl (C=O) groups is 2. The first-order valence-corrected chi connectivity index (χ1v) is 24.0. The molecule has 0 spiro atoms. The van der Waals surface area contributed by atoms with Crippen LogP contribution in [-0.4, -0.2) is 35.4 Å². The van der Waals surface area contributed by atoms with Gasteiger partial charge in [0.05, 0.1) is 16.9 Å². The first kappa shape index (κ1) is 52.9. The molecule has 0 aliphatic heterocycles. The lowest BCUT2D eigenvalue weighted by molar-refractivity contribution is -0.161. The molecule has 0 aliphatic carbocycles. The molecule has 0 fully saturated rings. The van der Waals surface area contributed by atoms with E-state index in [1.54, 1.807) is 0 Å². The van der Waals surface area contributed by atoms with Gasteiger partial charge in [-0.3, -0.25) is 9.59 Å². The van der Waals surface area contributed by atoms with E-state index in [0.717, 1.165) is 116 Å². The van der Waals surface area contributed by atoms with Crippen LogP contribution in [0.5, 0.6) is 0 Å². The SMILES string of the molecule is CCCCCCCCC(CCCCCC)OC(=O)C(C)(C)CCCCCC(O)CCCCCC(C)(C)C(=O)OC(CCCCCC)CCCCCCCC. The van der Waals surface area contributed by atoms with E-state index in [2.05, 4.69) is 27.7 Å². The van der Waals surface area contributed by atoms with Gasteiger partial charge in [-0.1, -0.05) is 169 Å². The van der Waals surface area contributed by atoms with Crippen LogP contribution in [0.4, 0.5) is 0 Å². The van der Waals surface area contributed by atoms with Crippen LogP contribution >= 0.6 is 0 Å². The van der Waals surface area contributed by atoms with Crippen LogP contribution in [0.3, 0.4) is 0 Å². The number of esters is 2. The van der Waals surface area contributed by atoms with Gasteiger partial charge in [-0.15, -0.1) is 0 Å². The van der Waals surface area contributed by atoms with Gasteiger partial charge < -0.3 is 14.6 Å². The van der Waals surface area contributed by atoms with Crippen molar-refractivity contribution >= 4 is 11.9 Å². The zero-order chi connectivity index (χ0) is 40.3. The summed E-state index contributed by atoms with van der Waals surface area (Å²) in [5.41, 5.74) is -0.934. The van der Waals surface area contributed by atoms with E-state index in [-0.39, 0.29) is 30.3 Å². The summed E-state index contributed by atoms with van der Waals surface area (Å²) >= 11 is 0. The average molecular weight is 765 g/mol. The van der Waals surface area contributed by atoms with Gasteiger partial charge in [0.15, 0.2) is 0 Å². The molecule has 0 rings (SSSR count). The van der Waals surface area contributed by atoms with Crippen molar-refractivity contribution in [2.45, 2.75) is 292 Å². The van der Waals surface area contributed by atoms with E-state index in [9.17, 15) is 14.7 Å². The van der Waals surface area contributed by atoms with Crippen molar-refractivity contribution in [2.24, 2.45) is 10.8 Å². The van der Waals surface area contributed by atoms with E-state index < -0.39 is 10.8 Å². The fourth-order valence-corrected chi connectivity index (χ4v) is 7.64. The van der Waals surface area contributed by atoms with Crippen LogP contribution in [0.25, 0.3) is 0 Å². The fraction of sp³-hybridized carbons (Fsp3) is 0.959. The third-order valence-electron chi connectivity index (χ3n) is 11.8. The second-order valence-corrected chi connectivity index (χ2v) is 18.5. The molecule has 0 aromatic rings. The molecule has 5 nitrogen and oxygen atoms in total. The molecule has 1 N–H and O–H groups in total. The van der Waals surface area contributed by atoms with Gasteiger partial charge in [0.25, 0.3) is 0 Å². The number of carbonyl (C=O) groups excluding carboxylic acids is 2. The summed E-state index contributed by atoms with van der Waals surface area (Å²) < 4.78 is 12.4. The summed E-state index contributed by atoms with van der Waals surface area (Å²) in [4.78, 5) is 26.5. The molecule has 5 heteroatoms. The minimum atomic E-state index is -0.467. The Kier molecular flexibility index (Phi) is 34.4. The molecule has 0 aromatic carbocycles. The third-order valence-corrected chi connectivity index (χ3v) is 11.8. The van der Waals surface area contributed by atoms with Crippen LogP contribution in [0, 0.1) is 10.8 Å². The van der Waals surface area contributed by atoms with Crippen molar-refractivity contribution in [3.05, 3.63) is 0 Å². The highest BCUT2D eigenvalue weighted by molar-refractivity contribution is 5.76. The summed E-state index contributed by atoms with van der Waals surface area (Å²) in [5, 5.41) is 10.7. The first-order valence-electron chi connectivity index (χ1n) is 24.0. The monoisotopic (exact) mass is 765 g/mol.